The maximum absolute atomic E-state index is 8.13. The number of hydrogen-bond acceptors (Lipinski definition) is 2. The number of nitrogens with zero attached hydrogens (tertiary/aromatic N) is 1. The molecule has 0 fully saturated rings. The van der Waals surface area contributed by atoms with Gasteiger partial charge in [0.05, 0.1) is 0 Å². The van der Waals surface area contributed by atoms with Crippen molar-refractivity contribution < 1.29 is 0 Å². The summed E-state index contributed by atoms with van der Waals surface area (Å²) in [6.07, 6.45) is 5.12. The highest BCUT2D eigenvalue weighted by atomic mass is 32.2. The lowest BCUT2D eigenvalue weighted by atomic mass is 10.5. The summed E-state index contributed by atoms with van der Waals surface area (Å²) in [4.78, 5) is 0.734. The number of thioether (sulfide) groups is 1. The first kappa shape index (κ1) is 8.06. The van der Waals surface area contributed by atoms with E-state index in [4.69, 9.17) is 5.26 Å². The number of thiocyanates is 1. The Morgan fingerprint density at radius 2 is 2.33 bits per heavy atom. The van der Waals surface area contributed by atoms with Gasteiger partial charge in [-0.1, -0.05) is 25.3 Å². The Morgan fingerprint density at radius 3 is 2.78 bits per heavy atom. The third-order valence-electron chi connectivity index (χ3n) is 0.595. The molecule has 0 bridgehead atoms. The highest BCUT2D eigenvalue weighted by Crippen LogP contribution is 2.11. The molecule has 0 saturated carbocycles. The molecule has 0 amide bonds. The molecule has 0 rings (SSSR count). The molecule has 0 aromatic carbocycles. The molecule has 0 atom stereocenters. The van der Waals surface area contributed by atoms with Crippen molar-refractivity contribution in [1.29, 1.82) is 5.26 Å². The SMILES string of the molecule is C=C/C=C\C(=C)SC#N. The van der Waals surface area contributed by atoms with Crippen LogP contribution < -0.4 is 0 Å². The lowest BCUT2D eigenvalue weighted by molar-refractivity contribution is 1.57. The average molecular weight is 137 g/mol. The maximum atomic E-state index is 8.13. The summed E-state index contributed by atoms with van der Waals surface area (Å²) in [6.45, 7) is 7.06. The van der Waals surface area contributed by atoms with Gasteiger partial charge < -0.3 is 0 Å². The van der Waals surface area contributed by atoms with E-state index in [1.165, 1.54) is 0 Å². The summed E-state index contributed by atoms with van der Waals surface area (Å²) in [5.41, 5.74) is 0. The third kappa shape index (κ3) is 4.92. The van der Waals surface area contributed by atoms with Gasteiger partial charge >= 0.3 is 0 Å². The summed E-state index contributed by atoms with van der Waals surface area (Å²) in [5, 5.41) is 10.0. The number of nitriles is 1. The quantitative estimate of drug-likeness (QED) is 0.440. The van der Waals surface area contributed by atoms with Crippen molar-refractivity contribution in [3.8, 4) is 5.40 Å². The zero-order valence-corrected chi connectivity index (χ0v) is 5.82. The van der Waals surface area contributed by atoms with Crippen LogP contribution in [0.1, 0.15) is 0 Å². The molecule has 0 heterocycles. The highest BCUT2D eigenvalue weighted by Gasteiger charge is 1.82. The molecule has 0 aliphatic carbocycles. The van der Waals surface area contributed by atoms with Crippen molar-refractivity contribution in [1.82, 2.24) is 0 Å². The molecule has 0 aliphatic heterocycles. The van der Waals surface area contributed by atoms with Crippen LogP contribution >= 0.6 is 11.8 Å². The zero-order chi connectivity index (χ0) is 7.11. The molecule has 1 nitrogen and oxygen atoms in total. The third-order valence-corrected chi connectivity index (χ3v) is 1.08. The van der Waals surface area contributed by atoms with E-state index in [-0.39, 0.29) is 0 Å². The van der Waals surface area contributed by atoms with Crippen LogP contribution in [0.3, 0.4) is 0 Å². The normalized spacial score (nSPS) is 8.78. The zero-order valence-electron chi connectivity index (χ0n) is 5.00. The summed E-state index contributed by atoms with van der Waals surface area (Å²) in [7, 11) is 0. The van der Waals surface area contributed by atoms with Gasteiger partial charge in [0.2, 0.25) is 0 Å². The van der Waals surface area contributed by atoms with Crippen LogP contribution in [0.5, 0.6) is 0 Å². The minimum atomic E-state index is 0.734. The molecule has 46 valence electrons. The van der Waals surface area contributed by atoms with Crippen molar-refractivity contribution in [3.63, 3.8) is 0 Å². The molecule has 0 aliphatic rings. The lowest BCUT2D eigenvalue weighted by Crippen LogP contribution is -1.58. The fourth-order valence-corrected chi connectivity index (χ4v) is 0.532. The fourth-order valence-electron chi connectivity index (χ4n) is 0.268. The monoisotopic (exact) mass is 137 g/mol. The van der Waals surface area contributed by atoms with Gasteiger partial charge in [0.15, 0.2) is 0 Å². The van der Waals surface area contributed by atoms with E-state index < -0.39 is 0 Å². The lowest BCUT2D eigenvalue weighted by Gasteiger charge is -1.83. The number of allylic oxidation sites excluding steroid dienone is 3. The van der Waals surface area contributed by atoms with Crippen LogP contribution in [0.15, 0.2) is 36.3 Å². The van der Waals surface area contributed by atoms with Crippen molar-refractivity contribution >= 4 is 11.8 Å². The average Bonchev–Trinajstić information content (AvgIpc) is 1.85. The number of rotatable bonds is 3. The Labute approximate surface area is 59.4 Å². The van der Waals surface area contributed by atoms with Crippen molar-refractivity contribution in [2.24, 2.45) is 0 Å². The first-order chi connectivity index (χ1) is 4.31. The van der Waals surface area contributed by atoms with E-state index in [0.29, 0.717) is 0 Å². The molecule has 0 N–H and O–H groups in total. The predicted octanol–water partition coefficient (Wildman–Crippen LogP) is 2.46. The molecule has 0 aromatic heterocycles. The molecule has 0 saturated heterocycles. The molecule has 9 heavy (non-hydrogen) atoms. The van der Waals surface area contributed by atoms with Crippen LogP contribution in [0, 0.1) is 10.7 Å². The van der Waals surface area contributed by atoms with Crippen molar-refractivity contribution in [2.45, 2.75) is 0 Å². The first-order valence-electron chi connectivity index (χ1n) is 2.35. The summed E-state index contributed by atoms with van der Waals surface area (Å²) >= 11 is 1.05. The minimum Gasteiger partial charge on any atom is -0.185 e. The van der Waals surface area contributed by atoms with E-state index in [1.54, 1.807) is 18.2 Å². The molecule has 0 unspecified atom stereocenters. The largest absolute Gasteiger partial charge is 0.185 e. The highest BCUT2D eigenvalue weighted by molar-refractivity contribution is 8.07. The van der Waals surface area contributed by atoms with Crippen LogP contribution in [0.25, 0.3) is 0 Å². The van der Waals surface area contributed by atoms with Crippen molar-refractivity contribution in [3.05, 3.63) is 36.3 Å². The Hall–Kier alpha value is -0.940. The molecule has 0 aromatic rings. The molecular weight excluding hydrogens is 130 g/mol. The second-order valence-corrected chi connectivity index (χ2v) is 2.17. The molecule has 2 heteroatoms. The van der Waals surface area contributed by atoms with E-state index in [0.717, 1.165) is 16.7 Å². The molecule has 0 radical (unpaired) electrons. The van der Waals surface area contributed by atoms with Gasteiger partial charge in [0.25, 0.3) is 0 Å². The first-order valence-corrected chi connectivity index (χ1v) is 3.17. The summed E-state index contributed by atoms with van der Waals surface area (Å²) < 4.78 is 0. The van der Waals surface area contributed by atoms with Gasteiger partial charge in [0, 0.05) is 4.91 Å². The van der Waals surface area contributed by atoms with E-state index in [1.807, 2.05) is 5.40 Å². The Morgan fingerprint density at radius 1 is 1.67 bits per heavy atom. The standard InChI is InChI=1S/C7H7NS/c1-3-4-5-7(2)9-6-8/h3-5H,1-2H2/b5-4-. The van der Waals surface area contributed by atoms with Crippen LogP contribution in [-0.2, 0) is 0 Å². The van der Waals surface area contributed by atoms with Crippen LogP contribution in [-0.4, -0.2) is 0 Å². The Bertz CT molecular complexity index is 174. The second-order valence-electron chi connectivity index (χ2n) is 1.25. The topological polar surface area (TPSA) is 23.8 Å². The van der Waals surface area contributed by atoms with E-state index in [2.05, 4.69) is 13.2 Å². The van der Waals surface area contributed by atoms with Gasteiger partial charge in [-0.2, -0.15) is 5.26 Å². The smallest absolute Gasteiger partial charge is 0.138 e. The second kappa shape index (κ2) is 5.20. The summed E-state index contributed by atoms with van der Waals surface area (Å²) in [6, 6.07) is 0. The van der Waals surface area contributed by atoms with E-state index >= 15 is 0 Å². The van der Waals surface area contributed by atoms with Gasteiger partial charge in [0.1, 0.15) is 5.40 Å². The van der Waals surface area contributed by atoms with Gasteiger partial charge in [-0.15, -0.1) is 0 Å². The minimum absolute atomic E-state index is 0.734. The van der Waals surface area contributed by atoms with Crippen LogP contribution in [0.2, 0.25) is 0 Å². The van der Waals surface area contributed by atoms with Gasteiger partial charge in [-0.05, 0) is 17.8 Å². The van der Waals surface area contributed by atoms with Gasteiger partial charge in [-0.3, -0.25) is 0 Å². The van der Waals surface area contributed by atoms with Crippen LogP contribution in [0.4, 0.5) is 0 Å². The predicted molar refractivity (Wildman–Crippen MR) is 41.7 cm³/mol. The van der Waals surface area contributed by atoms with Gasteiger partial charge in [-0.25, -0.2) is 0 Å². The Kier molecular flexibility index (Phi) is 4.66. The van der Waals surface area contributed by atoms with E-state index in [9.17, 15) is 0 Å². The fraction of sp³-hybridized carbons (Fsp3) is 0. The molecule has 0 spiro atoms. The summed E-state index contributed by atoms with van der Waals surface area (Å²) in [5.74, 6) is 0. The number of hydrogen-bond donors (Lipinski definition) is 0. The van der Waals surface area contributed by atoms with Crippen molar-refractivity contribution in [2.75, 3.05) is 0 Å². The Balaban J connectivity index is 3.66. The molecular formula is C7H7NS. The maximum Gasteiger partial charge on any atom is 0.138 e.